The van der Waals surface area contributed by atoms with Crippen molar-refractivity contribution in [3.05, 3.63) is 23.4 Å². The predicted octanol–water partition coefficient (Wildman–Crippen LogP) is 1.53. The van der Waals surface area contributed by atoms with Gasteiger partial charge in [0.05, 0.1) is 5.56 Å². The molecule has 0 aliphatic rings. The molecule has 88 valence electrons. The van der Waals surface area contributed by atoms with Crippen LogP contribution in [0.4, 0.5) is 5.82 Å². The summed E-state index contributed by atoms with van der Waals surface area (Å²) in [5.74, 6) is 0.166. The number of anilines is 1. The number of hydrogen-bond acceptors (Lipinski definition) is 4. The van der Waals surface area contributed by atoms with Gasteiger partial charge in [-0.2, -0.15) is 0 Å². The second-order valence-corrected chi connectivity index (χ2v) is 4.03. The van der Waals surface area contributed by atoms with Crippen molar-refractivity contribution in [1.29, 1.82) is 0 Å². The molecule has 1 aromatic heterocycles. The summed E-state index contributed by atoms with van der Waals surface area (Å²) in [6.07, 6.45) is 3.39. The highest BCUT2D eigenvalue weighted by molar-refractivity contribution is 6.01. The summed E-state index contributed by atoms with van der Waals surface area (Å²) in [7, 11) is 0. The van der Waals surface area contributed by atoms with Gasteiger partial charge in [0, 0.05) is 18.7 Å². The Balaban J connectivity index is 2.98. The minimum Gasteiger partial charge on any atom is -0.383 e. The topological polar surface area (TPSA) is 82.0 Å². The normalized spacial score (nSPS) is 12.4. The zero-order valence-electron chi connectivity index (χ0n) is 9.86. The minimum atomic E-state index is -0.143. The summed E-state index contributed by atoms with van der Waals surface area (Å²) in [5.41, 5.74) is 12.7. The number of Topliss-reactive ketones (excluding diaryl/α,β-unsaturated/α-hetero) is 1. The van der Waals surface area contributed by atoms with Crippen LogP contribution in [0.3, 0.4) is 0 Å². The van der Waals surface area contributed by atoms with Crippen LogP contribution in [0.15, 0.2) is 12.3 Å². The number of nitrogen functional groups attached to an aromatic ring is 1. The van der Waals surface area contributed by atoms with Crippen molar-refractivity contribution >= 4 is 11.6 Å². The quantitative estimate of drug-likeness (QED) is 0.739. The average Bonchev–Trinajstić information content (AvgIpc) is 2.28. The van der Waals surface area contributed by atoms with Crippen molar-refractivity contribution in [2.45, 2.75) is 26.7 Å². The first-order chi connectivity index (χ1) is 7.60. The first-order valence-electron chi connectivity index (χ1n) is 5.56. The summed E-state index contributed by atoms with van der Waals surface area (Å²) in [6.45, 7) is 4.29. The molecule has 0 aliphatic heterocycles. The van der Waals surface area contributed by atoms with Gasteiger partial charge in [-0.25, -0.2) is 4.98 Å². The molecule has 0 aromatic carbocycles. The van der Waals surface area contributed by atoms with Gasteiger partial charge in [-0.15, -0.1) is 0 Å². The zero-order valence-corrected chi connectivity index (χ0v) is 9.86. The van der Waals surface area contributed by atoms with E-state index in [0.717, 1.165) is 18.4 Å². The fraction of sp³-hybridized carbons (Fsp3) is 0.500. The van der Waals surface area contributed by atoms with Crippen LogP contribution in [0.25, 0.3) is 0 Å². The van der Waals surface area contributed by atoms with Gasteiger partial charge in [0.25, 0.3) is 0 Å². The van der Waals surface area contributed by atoms with E-state index in [1.54, 1.807) is 12.3 Å². The Morgan fingerprint density at radius 1 is 1.56 bits per heavy atom. The molecule has 0 aliphatic carbocycles. The first-order valence-corrected chi connectivity index (χ1v) is 5.56. The lowest BCUT2D eigenvalue weighted by Crippen LogP contribution is -2.24. The van der Waals surface area contributed by atoms with Gasteiger partial charge >= 0.3 is 0 Å². The molecule has 4 N–H and O–H groups in total. The Morgan fingerprint density at radius 3 is 2.81 bits per heavy atom. The number of aryl methyl sites for hydroxylation is 1. The van der Waals surface area contributed by atoms with E-state index >= 15 is 0 Å². The van der Waals surface area contributed by atoms with E-state index in [-0.39, 0.29) is 11.7 Å². The smallest absolute Gasteiger partial charge is 0.170 e. The number of rotatable bonds is 5. The lowest BCUT2D eigenvalue weighted by molar-refractivity contribution is 0.0918. The molecule has 1 aromatic rings. The van der Waals surface area contributed by atoms with Crippen molar-refractivity contribution in [2.75, 3.05) is 12.3 Å². The maximum Gasteiger partial charge on any atom is 0.170 e. The van der Waals surface area contributed by atoms with Gasteiger partial charge in [-0.05, 0) is 25.0 Å². The number of aromatic nitrogens is 1. The molecule has 16 heavy (non-hydrogen) atoms. The first kappa shape index (κ1) is 12.6. The third kappa shape index (κ3) is 2.79. The highest BCUT2D eigenvalue weighted by Gasteiger charge is 2.20. The molecular weight excluding hydrogens is 202 g/mol. The zero-order chi connectivity index (χ0) is 12.1. The largest absolute Gasteiger partial charge is 0.383 e. The maximum absolute atomic E-state index is 12.1. The van der Waals surface area contributed by atoms with E-state index in [1.807, 2.05) is 13.8 Å². The van der Waals surface area contributed by atoms with Gasteiger partial charge in [0.15, 0.2) is 5.78 Å². The summed E-state index contributed by atoms with van der Waals surface area (Å²) < 4.78 is 0. The predicted molar refractivity (Wildman–Crippen MR) is 65.2 cm³/mol. The number of pyridine rings is 1. The molecule has 0 bridgehead atoms. The summed E-state index contributed by atoms with van der Waals surface area (Å²) in [5, 5.41) is 0. The molecule has 4 nitrogen and oxygen atoms in total. The molecule has 0 saturated carbocycles. The van der Waals surface area contributed by atoms with E-state index in [0.29, 0.717) is 17.9 Å². The van der Waals surface area contributed by atoms with Crippen LogP contribution < -0.4 is 11.5 Å². The van der Waals surface area contributed by atoms with Crippen molar-refractivity contribution in [1.82, 2.24) is 4.98 Å². The van der Waals surface area contributed by atoms with Crippen LogP contribution in [0.5, 0.6) is 0 Å². The lowest BCUT2D eigenvalue weighted by atomic mass is 9.93. The number of hydrogen-bond donors (Lipinski definition) is 2. The van der Waals surface area contributed by atoms with E-state index in [1.165, 1.54) is 0 Å². The molecule has 0 amide bonds. The Kier molecular flexibility index (Phi) is 4.43. The molecule has 1 atom stereocenters. The molecular formula is C12H19N3O. The van der Waals surface area contributed by atoms with Crippen molar-refractivity contribution < 1.29 is 4.79 Å². The fourth-order valence-electron chi connectivity index (χ4n) is 1.70. The second kappa shape index (κ2) is 5.61. The van der Waals surface area contributed by atoms with Gasteiger partial charge < -0.3 is 11.5 Å². The Labute approximate surface area is 96.0 Å². The Bertz CT molecular complexity index is 377. The highest BCUT2D eigenvalue weighted by atomic mass is 16.1. The number of nitrogens with two attached hydrogens (primary N) is 2. The van der Waals surface area contributed by atoms with Gasteiger partial charge in [0.2, 0.25) is 0 Å². The van der Waals surface area contributed by atoms with Crippen LogP contribution in [-0.4, -0.2) is 17.3 Å². The molecule has 0 saturated heterocycles. The Morgan fingerprint density at radius 2 is 2.25 bits per heavy atom. The average molecular weight is 221 g/mol. The minimum absolute atomic E-state index is 0.0121. The van der Waals surface area contributed by atoms with Crippen LogP contribution >= 0.6 is 0 Å². The van der Waals surface area contributed by atoms with Crippen molar-refractivity contribution in [3.8, 4) is 0 Å². The molecule has 1 rings (SSSR count). The Hall–Kier alpha value is -1.42. The van der Waals surface area contributed by atoms with Crippen LogP contribution in [0.1, 0.15) is 35.7 Å². The summed E-state index contributed by atoms with van der Waals surface area (Å²) in [6, 6.07) is 1.78. The SMILES string of the molecule is CCCC(CN)C(=O)c1cc(C)cnc1N. The van der Waals surface area contributed by atoms with Gasteiger partial charge in [-0.3, -0.25) is 4.79 Å². The van der Waals surface area contributed by atoms with Gasteiger partial charge in [0.1, 0.15) is 5.82 Å². The summed E-state index contributed by atoms with van der Waals surface area (Å²) in [4.78, 5) is 16.1. The number of carbonyl (C=O) groups excluding carboxylic acids is 1. The monoisotopic (exact) mass is 221 g/mol. The molecule has 0 fully saturated rings. The molecule has 0 spiro atoms. The lowest BCUT2D eigenvalue weighted by Gasteiger charge is -2.13. The third-order valence-corrected chi connectivity index (χ3v) is 2.61. The van der Waals surface area contributed by atoms with Crippen molar-refractivity contribution in [3.63, 3.8) is 0 Å². The molecule has 1 heterocycles. The molecule has 0 radical (unpaired) electrons. The molecule has 4 heteroatoms. The molecule has 1 unspecified atom stereocenters. The van der Waals surface area contributed by atoms with Crippen molar-refractivity contribution in [2.24, 2.45) is 11.7 Å². The van der Waals surface area contributed by atoms with E-state index in [2.05, 4.69) is 4.98 Å². The van der Waals surface area contributed by atoms with Crippen LogP contribution in [-0.2, 0) is 0 Å². The number of ketones is 1. The second-order valence-electron chi connectivity index (χ2n) is 4.03. The van der Waals surface area contributed by atoms with Crippen LogP contribution in [0, 0.1) is 12.8 Å². The van der Waals surface area contributed by atoms with Crippen LogP contribution in [0.2, 0.25) is 0 Å². The maximum atomic E-state index is 12.1. The standard InChI is InChI=1S/C12H19N3O/c1-3-4-9(6-13)11(16)10-5-8(2)7-15-12(10)14/h5,7,9H,3-4,6,13H2,1-2H3,(H2,14,15). The van der Waals surface area contributed by atoms with Gasteiger partial charge in [-0.1, -0.05) is 13.3 Å². The van der Waals surface area contributed by atoms with E-state index in [9.17, 15) is 4.79 Å². The fourth-order valence-corrected chi connectivity index (χ4v) is 1.70. The third-order valence-electron chi connectivity index (χ3n) is 2.61. The highest BCUT2D eigenvalue weighted by Crippen LogP contribution is 2.18. The summed E-state index contributed by atoms with van der Waals surface area (Å²) >= 11 is 0. The number of carbonyl (C=O) groups is 1. The van der Waals surface area contributed by atoms with E-state index < -0.39 is 0 Å². The van der Waals surface area contributed by atoms with E-state index in [4.69, 9.17) is 11.5 Å². The number of nitrogens with zero attached hydrogens (tertiary/aromatic N) is 1.